The van der Waals surface area contributed by atoms with Gasteiger partial charge in [0.25, 0.3) is 5.91 Å². The Labute approximate surface area is 161 Å². The molecule has 1 heterocycles. The van der Waals surface area contributed by atoms with Crippen LogP contribution < -0.4 is 20.1 Å². The molecule has 8 heteroatoms. The van der Waals surface area contributed by atoms with Crippen LogP contribution in [-0.2, 0) is 0 Å². The average molecular weight is 382 g/mol. The molecule has 2 N–H and O–H groups in total. The largest absolute Gasteiger partial charge is 0.493 e. The first-order valence-corrected chi connectivity index (χ1v) is 8.40. The second kappa shape index (κ2) is 8.34. The predicted molar refractivity (Wildman–Crippen MR) is 104 cm³/mol. The van der Waals surface area contributed by atoms with Crippen LogP contribution in [0, 0.1) is 12.7 Å². The summed E-state index contributed by atoms with van der Waals surface area (Å²) >= 11 is 0. The van der Waals surface area contributed by atoms with Crippen LogP contribution in [0.5, 0.6) is 11.5 Å². The van der Waals surface area contributed by atoms with E-state index in [-0.39, 0.29) is 5.69 Å². The van der Waals surface area contributed by atoms with Crippen LogP contribution in [0.25, 0.3) is 0 Å². The number of anilines is 3. The fourth-order valence-electron chi connectivity index (χ4n) is 2.57. The van der Waals surface area contributed by atoms with Gasteiger partial charge in [0.2, 0.25) is 0 Å². The van der Waals surface area contributed by atoms with E-state index in [1.54, 1.807) is 45.4 Å². The molecule has 0 aliphatic carbocycles. The maximum atomic E-state index is 13.3. The molecule has 28 heavy (non-hydrogen) atoms. The number of halogens is 1. The number of ether oxygens (including phenoxy) is 2. The van der Waals surface area contributed by atoms with Gasteiger partial charge in [-0.25, -0.2) is 14.4 Å². The number of hydrogen-bond acceptors (Lipinski definition) is 6. The van der Waals surface area contributed by atoms with E-state index in [0.29, 0.717) is 34.5 Å². The molecule has 1 amide bonds. The average Bonchev–Trinajstić information content (AvgIpc) is 2.67. The Bertz CT molecular complexity index is 1010. The molecule has 0 bridgehead atoms. The number of aryl methyl sites for hydroxylation is 1. The number of nitrogens with one attached hydrogen (secondary N) is 2. The maximum absolute atomic E-state index is 13.3. The van der Waals surface area contributed by atoms with Crippen molar-refractivity contribution in [2.45, 2.75) is 6.92 Å². The minimum atomic E-state index is -0.466. The van der Waals surface area contributed by atoms with Gasteiger partial charge in [-0.1, -0.05) is 6.07 Å². The van der Waals surface area contributed by atoms with Gasteiger partial charge >= 0.3 is 0 Å². The maximum Gasteiger partial charge on any atom is 0.274 e. The molecule has 7 nitrogen and oxygen atoms in total. The van der Waals surface area contributed by atoms with Crippen LogP contribution in [-0.4, -0.2) is 30.1 Å². The van der Waals surface area contributed by atoms with E-state index in [1.807, 2.05) is 0 Å². The molecule has 0 radical (unpaired) electrons. The van der Waals surface area contributed by atoms with Gasteiger partial charge in [-0.2, -0.15) is 0 Å². The number of benzene rings is 2. The summed E-state index contributed by atoms with van der Waals surface area (Å²) in [5, 5.41) is 5.73. The lowest BCUT2D eigenvalue weighted by molar-refractivity contribution is 0.102. The molecule has 0 atom stereocenters. The summed E-state index contributed by atoms with van der Waals surface area (Å²) in [6.07, 6.45) is 0. The van der Waals surface area contributed by atoms with E-state index >= 15 is 0 Å². The first-order valence-electron chi connectivity index (χ1n) is 8.40. The van der Waals surface area contributed by atoms with Crippen molar-refractivity contribution in [3.8, 4) is 11.5 Å². The van der Waals surface area contributed by atoms with Gasteiger partial charge in [0, 0.05) is 23.5 Å². The van der Waals surface area contributed by atoms with Crippen LogP contribution in [0.1, 0.15) is 16.3 Å². The van der Waals surface area contributed by atoms with E-state index in [2.05, 4.69) is 20.6 Å². The highest BCUT2D eigenvalue weighted by Crippen LogP contribution is 2.30. The fourth-order valence-corrected chi connectivity index (χ4v) is 2.57. The highest BCUT2D eigenvalue weighted by molar-refractivity contribution is 6.03. The third-order valence-corrected chi connectivity index (χ3v) is 3.81. The van der Waals surface area contributed by atoms with Gasteiger partial charge in [-0.3, -0.25) is 4.79 Å². The standard InChI is InChI=1S/C20H19FN4O3/c1-12-22-16(20(26)25-14-6-4-5-13(21)9-14)11-19(23-12)24-15-7-8-17(27-2)18(10-15)28-3/h4-11H,1-3H3,(H,25,26)(H,22,23,24). The summed E-state index contributed by atoms with van der Waals surface area (Å²) in [7, 11) is 3.10. The molecule has 2 aromatic carbocycles. The Morgan fingerprint density at radius 2 is 1.75 bits per heavy atom. The topological polar surface area (TPSA) is 85.4 Å². The number of aromatic nitrogens is 2. The zero-order valence-corrected chi connectivity index (χ0v) is 15.6. The molecule has 0 aliphatic rings. The molecule has 0 fully saturated rings. The van der Waals surface area contributed by atoms with Crippen LogP contribution >= 0.6 is 0 Å². The van der Waals surface area contributed by atoms with Crippen molar-refractivity contribution in [1.29, 1.82) is 0 Å². The van der Waals surface area contributed by atoms with E-state index in [1.165, 1.54) is 24.3 Å². The number of rotatable bonds is 6. The summed E-state index contributed by atoms with van der Waals surface area (Å²) in [4.78, 5) is 20.9. The lowest BCUT2D eigenvalue weighted by Crippen LogP contribution is -2.15. The van der Waals surface area contributed by atoms with Crippen molar-refractivity contribution in [3.05, 3.63) is 65.9 Å². The van der Waals surface area contributed by atoms with Crippen molar-refractivity contribution in [2.24, 2.45) is 0 Å². The SMILES string of the molecule is COc1ccc(Nc2cc(C(=O)Nc3cccc(F)c3)nc(C)n2)cc1OC. The fraction of sp³-hybridized carbons (Fsp3) is 0.150. The van der Waals surface area contributed by atoms with E-state index < -0.39 is 11.7 Å². The Hall–Kier alpha value is -3.68. The first kappa shape index (κ1) is 19.1. The third-order valence-electron chi connectivity index (χ3n) is 3.81. The molecule has 0 saturated heterocycles. The predicted octanol–water partition coefficient (Wildman–Crippen LogP) is 3.94. The second-order valence-corrected chi connectivity index (χ2v) is 5.84. The van der Waals surface area contributed by atoms with Gasteiger partial charge in [0.1, 0.15) is 23.2 Å². The summed E-state index contributed by atoms with van der Waals surface area (Å²) in [6.45, 7) is 1.68. The highest BCUT2D eigenvalue weighted by atomic mass is 19.1. The Balaban J connectivity index is 1.82. The summed E-state index contributed by atoms with van der Waals surface area (Å²) < 4.78 is 23.8. The van der Waals surface area contributed by atoms with Gasteiger partial charge in [-0.05, 0) is 37.3 Å². The molecule has 144 valence electrons. The molecular formula is C20H19FN4O3. The van der Waals surface area contributed by atoms with Gasteiger partial charge < -0.3 is 20.1 Å². The van der Waals surface area contributed by atoms with Crippen LogP contribution in [0.2, 0.25) is 0 Å². The molecule has 0 aliphatic heterocycles. The first-order chi connectivity index (χ1) is 13.5. The van der Waals surface area contributed by atoms with Crippen LogP contribution in [0.4, 0.5) is 21.6 Å². The van der Waals surface area contributed by atoms with E-state index in [4.69, 9.17) is 9.47 Å². The number of methoxy groups -OCH3 is 2. The normalized spacial score (nSPS) is 10.3. The van der Waals surface area contributed by atoms with Crippen molar-refractivity contribution in [2.75, 3.05) is 24.9 Å². The third kappa shape index (κ3) is 4.53. The minimum absolute atomic E-state index is 0.153. The van der Waals surface area contributed by atoms with Crippen molar-refractivity contribution >= 4 is 23.1 Å². The van der Waals surface area contributed by atoms with Gasteiger partial charge in [0.05, 0.1) is 14.2 Å². The van der Waals surface area contributed by atoms with Gasteiger partial charge in [0.15, 0.2) is 11.5 Å². The summed E-state index contributed by atoms with van der Waals surface area (Å²) in [5.41, 5.74) is 1.20. The molecular weight excluding hydrogens is 363 g/mol. The monoisotopic (exact) mass is 382 g/mol. The number of hydrogen-bond donors (Lipinski definition) is 2. The van der Waals surface area contributed by atoms with Crippen LogP contribution in [0.3, 0.4) is 0 Å². The van der Waals surface area contributed by atoms with Crippen LogP contribution in [0.15, 0.2) is 48.5 Å². The minimum Gasteiger partial charge on any atom is -0.493 e. The molecule has 0 unspecified atom stereocenters. The van der Waals surface area contributed by atoms with Gasteiger partial charge in [-0.15, -0.1) is 0 Å². The summed E-state index contributed by atoms with van der Waals surface area (Å²) in [5.74, 6) is 1.10. The molecule has 3 rings (SSSR count). The Morgan fingerprint density at radius 1 is 0.964 bits per heavy atom. The zero-order valence-electron chi connectivity index (χ0n) is 15.6. The van der Waals surface area contributed by atoms with Crippen molar-refractivity contribution in [3.63, 3.8) is 0 Å². The van der Waals surface area contributed by atoms with Crippen molar-refractivity contribution in [1.82, 2.24) is 9.97 Å². The zero-order chi connectivity index (χ0) is 20.1. The number of nitrogens with zero attached hydrogens (tertiary/aromatic N) is 2. The molecule has 3 aromatic rings. The number of carbonyl (C=O) groups is 1. The Morgan fingerprint density at radius 3 is 2.46 bits per heavy atom. The smallest absolute Gasteiger partial charge is 0.274 e. The summed E-state index contributed by atoms with van der Waals surface area (Å²) in [6, 6.07) is 12.5. The van der Waals surface area contributed by atoms with E-state index in [9.17, 15) is 9.18 Å². The van der Waals surface area contributed by atoms with Crippen molar-refractivity contribution < 1.29 is 18.7 Å². The molecule has 1 aromatic heterocycles. The highest BCUT2D eigenvalue weighted by Gasteiger charge is 2.12. The Kier molecular flexibility index (Phi) is 5.69. The number of amides is 1. The lowest BCUT2D eigenvalue weighted by atomic mass is 10.2. The lowest BCUT2D eigenvalue weighted by Gasteiger charge is -2.12. The molecule has 0 spiro atoms. The number of carbonyl (C=O) groups excluding carboxylic acids is 1. The van der Waals surface area contributed by atoms with E-state index in [0.717, 1.165) is 0 Å². The molecule has 0 saturated carbocycles. The quantitative estimate of drug-likeness (QED) is 0.672. The second-order valence-electron chi connectivity index (χ2n) is 5.84.